The molecule has 0 aliphatic heterocycles. The molecule has 4 rings (SSSR count). The second-order valence-electron chi connectivity index (χ2n) is 5.39. The van der Waals surface area contributed by atoms with Gasteiger partial charge in [-0.2, -0.15) is 0 Å². The second kappa shape index (κ2) is 5.75. The van der Waals surface area contributed by atoms with Crippen LogP contribution in [-0.2, 0) is 9.84 Å². The molecule has 0 radical (unpaired) electrons. The lowest BCUT2D eigenvalue weighted by Crippen LogP contribution is -2.12. The Balaban J connectivity index is 2.13. The van der Waals surface area contributed by atoms with Crippen LogP contribution in [0.1, 0.15) is 0 Å². The van der Waals surface area contributed by atoms with E-state index in [-0.39, 0.29) is 15.6 Å². The van der Waals surface area contributed by atoms with Crippen molar-refractivity contribution in [1.82, 2.24) is 14.4 Å². The molecule has 2 heterocycles. The van der Waals surface area contributed by atoms with Crippen LogP contribution in [0.2, 0.25) is 0 Å². The van der Waals surface area contributed by atoms with E-state index in [1.165, 1.54) is 11.8 Å². The van der Waals surface area contributed by atoms with Crippen molar-refractivity contribution >= 4 is 44.2 Å². The molecule has 0 unspecified atom stereocenters. The first-order valence-electron chi connectivity index (χ1n) is 7.45. The van der Waals surface area contributed by atoms with Gasteiger partial charge in [0, 0.05) is 0 Å². The summed E-state index contributed by atoms with van der Waals surface area (Å²) in [6.07, 6.45) is 1.77. The average molecular weight is 370 g/mol. The molecule has 0 aliphatic rings. The highest BCUT2D eigenvalue weighted by molar-refractivity contribution is 7.99. The maximum atomic E-state index is 13.2. The van der Waals surface area contributed by atoms with Gasteiger partial charge < -0.3 is 5.73 Å². The number of imidazole rings is 1. The molecule has 4 aromatic rings. The van der Waals surface area contributed by atoms with Gasteiger partial charge in [0.2, 0.25) is 15.6 Å². The summed E-state index contributed by atoms with van der Waals surface area (Å²) < 4.78 is 27.9. The van der Waals surface area contributed by atoms with Gasteiger partial charge in [0.25, 0.3) is 0 Å². The van der Waals surface area contributed by atoms with Crippen LogP contribution < -0.4 is 5.73 Å². The average Bonchev–Trinajstić information content (AvgIpc) is 3.00. The van der Waals surface area contributed by atoms with E-state index in [9.17, 15) is 8.42 Å². The Morgan fingerprint density at radius 1 is 1.00 bits per heavy atom. The number of aromatic nitrogens is 3. The number of nitrogens with zero attached hydrogens (tertiary/aromatic N) is 3. The van der Waals surface area contributed by atoms with Crippen LogP contribution in [0.5, 0.6) is 0 Å². The topological polar surface area (TPSA) is 90.3 Å². The third-order valence-corrected chi connectivity index (χ3v) is 6.57. The van der Waals surface area contributed by atoms with Crippen molar-refractivity contribution in [2.45, 2.75) is 14.8 Å². The number of para-hydroxylation sites is 2. The fourth-order valence-electron chi connectivity index (χ4n) is 2.79. The zero-order valence-electron chi connectivity index (χ0n) is 13.2. The minimum atomic E-state index is -3.81. The minimum absolute atomic E-state index is 0.0156. The third-order valence-electron chi connectivity index (χ3n) is 3.93. The predicted octanol–water partition coefficient (Wildman–Crippen LogP) is 3.02. The number of benzene rings is 2. The molecule has 0 fully saturated rings. The number of nitrogens with two attached hydrogens (primary N) is 1. The van der Waals surface area contributed by atoms with Gasteiger partial charge >= 0.3 is 0 Å². The lowest BCUT2D eigenvalue weighted by atomic mass is 10.3. The summed E-state index contributed by atoms with van der Waals surface area (Å²) >= 11 is 1.23. The van der Waals surface area contributed by atoms with Crippen LogP contribution in [-0.4, -0.2) is 29.0 Å². The van der Waals surface area contributed by atoms with Gasteiger partial charge in [0.1, 0.15) is 15.7 Å². The van der Waals surface area contributed by atoms with Gasteiger partial charge in [-0.15, -0.1) is 11.8 Å². The lowest BCUT2D eigenvalue weighted by Gasteiger charge is -2.13. The quantitative estimate of drug-likeness (QED) is 0.440. The van der Waals surface area contributed by atoms with Crippen LogP contribution in [0.15, 0.2) is 69.4 Å². The van der Waals surface area contributed by atoms with Gasteiger partial charge in [0.05, 0.1) is 15.9 Å². The molecule has 0 aliphatic carbocycles. The molecule has 0 atom stereocenters. The van der Waals surface area contributed by atoms with Crippen LogP contribution in [0, 0.1) is 0 Å². The number of hydrogen-bond donors (Lipinski definition) is 1. The second-order valence-corrected chi connectivity index (χ2v) is 8.07. The molecule has 0 bridgehead atoms. The number of rotatable bonds is 3. The fraction of sp³-hybridized carbons (Fsp3) is 0.0588. The Bertz CT molecular complexity index is 1200. The molecule has 25 heavy (non-hydrogen) atoms. The van der Waals surface area contributed by atoms with Crippen molar-refractivity contribution < 1.29 is 8.42 Å². The summed E-state index contributed by atoms with van der Waals surface area (Å²) in [6.45, 7) is 0. The molecule has 6 nitrogen and oxygen atoms in total. The van der Waals surface area contributed by atoms with E-state index < -0.39 is 9.84 Å². The fourth-order valence-corrected chi connectivity index (χ4v) is 5.22. The highest BCUT2D eigenvalue weighted by atomic mass is 32.2. The Hall–Kier alpha value is -2.58. The van der Waals surface area contributed by atoms with Crippen molar-refractivity contribution in [2.24, 2.45) is 0 Å². The number of thioether (sulfide) groups is 1. The Morgan fingerprint density at radius 3 is 2.40 bits per heavy atom. The molecule has 0 amide bonds. The monoisotopic (exact) mass is 370 g/mol. The summed E-state index contributed by atoms with van der Waals surface area (Å²) in [5, 5.41) is 0.337. The molecule has 0 spiro atoms. The first-order valence-corrected chi connectivity index (χ1v) is 10.2. The smallest absolute Gasteiger partial charge is 0.237 e. The van der Waals surface area contributed by atoms with Crippen molar-refractivity contribution in [1.29, 1.82) is 0 Å². The predicted molar refractivity (Wildman–Crippen MR) is 98.6 cm³/mol. The zero-order valence-corrected chi connectivity index (χ0v) is 14.9. The molecule has 126 valence electrons. The lowest BCUT2D eigenvalue weighted by molar-refractivity contribution is 0.593. The summed E-state index contributed by atoms with van der Waals surface area (Å²) in [5.41, 5.74) is 7.75. The first-order chi connectivity index (χ1) is 12.0. The van der Waals surface area contributed by atoms with Crippen molar-refractivity contribution in [3.63, 3.8) is 0 Å². The van der Waals surface area contributed by atoms with E-state index in [0.29, 0.717) is 16.3 Å². The van der Waals surface area contributed by atoms with Gasteiger partial charge in [-0.25, -0.2) is 18.4 Å². The number of hydrogen-bond acceptors (Lipinski definition) is 6. The van der Waals surface area contributed by atoms with E-state index in [1.807, 2.05) is 24.3 Å². The number of fused-ring (bicyclic) bond motifs is 3. The molecule has 2 aromatic carbocycles. The van der Waals surface area contributed by atoms with Crippen LogP contribution in [0.4, 0.5) is 5.82 Å². The summed E-state index contributed by atoms with van der Waals surface area (Å²) in [6, 6.07) is 15.6. The van der Waals surface area contributed by atoms with Crippen molar-refractivity contribution in [2.75, 3.05) is 12.0 Å². The van der Waals surface area contributed by atoms with E-state index >= 15 is 0 Å². The maximum Gasteiger partial charge on any atom is 0.237 e. The highest BCUT2D eigenvalue weighted by Crippen LogP contribution is 2.34. The number of nitrogen functional groups attached to an aromatic ring is 1. The van der Waals surface area contributed by atoms with E-state index in [4.69, 9.17) is 5.73 Å². The van der Waals surface area contributed by atoms with Gasteiger partial charge in [0.15, 0.2) is 0 Å². The molecule has 2 aromatic heterocycles. The Kier molecular flexibility index (Phi) is 3.66. The highest BCUT2D eigenvalue weighted by Gasteiger charge is 2.28. The SMILES string of the molecule is CSc1nc2nc3ccccc3n2c(N)c1S(=O)(=O)c1ccccc1. The summed E-state index contributed by atoms with van der Waals surface area (Å²) in [7, 11) is -3.81. The number of anilines is 1. The van der Waals surface area contributed by atoms with Crippen molar-refractivity contribution in [3.05, 3.63) is 54.6 Å². The van der Waals surface area contributed by atoms with E-state index in [1.54, 1.807) is 41.0 Å². The van der Waals surface area contributed by atoms with Crippen LogP contribution >= 0.6 is 11.8 Å². The number of sulfone groups is 1. The molecule has 8 heteroatoms. The minimum Gasteiger partial charge on any atom is -0.384 e. The van der Waals surface area contributed by atoms with E-state index in [0.717, 1.165) is 5.52 Å². The standard InChI is InChI=1S/C17H14N4O2S2/c1-24-16-14(25(22,23)11-7-3-2-4-8-11)15(18)21-13-10-6-5-9-12(13)19-17(21)20-16/h2-10H,18H2,1H3. The zero-order chi connectivity index (χ0) is 17.6. The first kappa shape index (κ1) is 15.9. The molecule has 2 N–H and O–H groups in total. The van der Waals surface area contributed by atoms with Crippen LogP contribution in [0.25, 0.3) is 16.8 Å². The van der Waals surface area contributed by atoms with Gasteiger partial charge in [-0.3, -0.25) is 4.40 Å². The summed E-state index contributed by atoms with van der Waals surface area (Å²) in [4.78, 5) is 9.08. The Morgan fingerprint density at radius 2 is 1.68 bits per heavy atom. The molecular weight excluding hydrogens is 356 g/mol. The van der Waals surface area contributed by atoms with E-state index in [2.05, 4.69) is 9.97 Å². The molecule has 0 saturated carbocycles. The maximum absolute atomic E-state index is 13.2. The largest absolute Gasteiger partial charge is 0.384 e. The summed E-state index contributed by atoms with van der Waals surface area (Å²) in [5.74, 6) is 0.502. The molecular formula is C17H14N4O2S2. The van der Waals surface area contributed by atoms with Crippen LogP contribution in [0.3, 0.4) is 0 Å². The van der Waals surface area contributed by atoms with Gasteiger partial charge in [-0.1, -0.05) is 30.3 Å². The normalized spacial score (nSPS) is 12.0. The molecule has 0 saturated heterocycles. The van der Waals surface area contributed by atoms with Crippen molar-refractivity contribution in [3.8, 4) is 0 Å². The Labute approximate surface area is 148 Å². The third kappa shape index (κ3) is 2.37. The van der Waals surface area contributed by atoms with Gasteiger partial charge in [-0.05, 0) is 30.5 Å².